The van der Waals surface area contributed by atoms with E-state index in [1.165, 1.54) is 17.5 Å². The van der Waals surface area contributed by atoms with E-state index in [9.17, 15) is 9.59 Å². The Morgan fingerprint density at radius 3 is 2.45 bits per heavy atom. The van der Waals surface area contributed by atoms with Gasteiger partial charge in [0, 0.05) is 18.2 Å². The van der Waals surface area contributed by atoms with E-state index in [-0.39, 0.29) is 13.2 Å². The molecule has 1 N–H and O–H groups in total. The Kier molecular flexibility index (Phi) is 7.72. The molecule has 0 saturated heterocycles. The molecule has 1 heterocycles. The number of thiophene rings is 1. The molecular formula is C15H18N2O4S. The molecule has 0 aliphatic heterocycles. The average Bonchev–Trinajstić information content (AvgIpc) is 2.99. The van der Waals surface area contributed by atoms with Crippen LogP contribution in [0.5, 0.6) is 0 Å². The van der Waals surface area contributed by atoms with Crippen molar-refractivity contribution in [3.63, 3.8) is 0 Å². The minimum atomic E-state index is -1.27. The van der Waals surface area contributed by atoms with Gasteiger partial charge >= 0.3 is 11.9 Å². The lowest BCUT2D eigenvalue weighted by Crippen LogP contribution is -2.43. The zero-order valence-corrected chi connectivity index (χ0v) is 13.3. The van der Waals surface area contributed by atoms with Crippen LogP contribution in [0.15, 0.2) is 28.6 Å². The van der Waals surface area contributed by atoms with Crippen LogP contribution in [-0.2, 0) is 25.5 Å². The van der Waals surface area contributed by atoms with Crippen molar-refractivity contribution in [3.8, 4) is 6.07 Å². The lowest BCUT2D eigenvalue weighted by Gasteiger charge is -2.14. The van der Waals surface area contributed by atoms with Crippen LogP contribution < -0.4 is 5.32 Å². The number of rotatable bonds is 8. The van der Waals surface area contributed by atoms with Gasteiger partial charge in [-0.3, -0.25) is 0 Å². The standard InChI is InChI=1S/C15H18N2O4S/c1-3-20-14(18)13(15(19)21-4-2)17-9-12(8-16)7-11-5-6-22-10-11/h5-6,9-10,13,17H,3-4,7H2,1-2H3/b12-9-. The first kappa shape index (κ1) is 17.7. The van der Waals surface area contributed by atoms with Gasteiger partial charge < -0.3 is 14.8 Å². The number of hydrogen-bond acceptors (Lipinski definition) is 7. The molecule has 0 spiro atoms. The number of hydrogen-bond donors (Lipinski definition) is 1. The van der Waals surface area contributed by atoms with E-state index in [0.29, 0.717) is 12.0 Å². The molecule has 0 amide bonds. The second-order valence-electron chi connectivity index (χ2n) is 4.19. The highest BCUT2D eigenvalue weighted by Gasteiger charge is 2.28. The summed E-state index contributed by atoms with van der Waals surface area (Å²) in [6.07, 6.45) is 1.78. The van der Waals surface area contributed by atoms with Gasteiger partial charge in [-0.2, -0.15) is 16.6 Å². The zero-order valence-electron chi connectivity index (χ0n) is 12.5. The van der Waals surface area contributed by atoms with Gasteiger partial charge in [-0.25, -0.2) is 9.59 Å². The summed E-state index contributed by atoms with van der Waals surface area (Å²) < 4.78 is 9.66. The Bertz CT molecular complexity index is 543. The fourth-order valence-electron chi connectivity index (χ4n) is 1.60. The maximum atomic E-state index is 11.8. The molecule has 118 valence electrons. The third kappa shape index (κ3) is 5.58. The van der Waals surface area contributed by atoms with Gasteiger partial charge in [0.05, 0.1) is 19.3 Å². The van der Waals surface area contributed by atoms with Crippen molar-refractivity contribution >= 4 is 23.3 Å². The van der Waals surface area contributed by atoms with Crippen LogP contribution in [0.4, 0.5) is 0 Å². The maximum Gasteiger partial charge on any atom is 0.340 e. The summed E-state index contributed by atoms with van der Waals surface area (Å²) in [7, 11) is 0. The summed E-state index contributed by atoms with van der Waals surface area (Å²) in [6, 6.07) is 2.67. The maximum absolute atomic E-state index is 11.8. The predicted molar refractivity (Wildman–Crippen MR) is 81.9 cm³/mol. The Balaban J connectivity index is 2.78. The van der Waals surface area contributed by atoms with Gasteiger partial charge in [0.1, 0.15) is 0 Å². The van der Waals surface area contributed by atoms with Gasteiger partial charge in [0.2, 0.25) is 6.04 Å². The van der Waals surface area contributed by atoms with Gasteiger partial charge in [-0.05, 0) is 36.2 Å². The van der Waals surface area contributed by atoms with Crippen LogP contribution in [0.1, 0.15) is 19.4 Å². The fourth-order valence-corrected chi connectivity index (χ4v) is 2.27. The van der Waals surface area contributed by atoms with Crippen molar-refractivity contribution in [2.75, 3.05) is 13.2 Å². The predicted octanol–water partition coefficient (Wildman–Crippen LogP) is 1.78. The highest BCUT2D eigenvalue weighted by atomic mass is 32.1. The van der Waals surface area contributed by atoms with E-state index >= 15 is 0 Å². The second kappa shape index (κ2) is 9.58. The summed E-state index contributed by atoms with van der Waals surface area (Å²) in [5.74, 6) is -1.46. The molecular weight excluding hydrogens is 304 g/mol. The summed E-state index contributed by atoms with van der Waals surface area (Å²) in [5.41, 5.74) is 1.39. The minimum absolute atomic E-state index is 0.153. The lowest BCUT2D eigenvalue weighted by molar-refractivity contribution is -0.157. The fraction of sp³-hybridized carbons (Fsp3) is 0.400. The van der Waals surface area contributed by atoms with Gasteiger partial charge in [0.15, 0.2) is 0 Å². The molecule has 1 aromatic heterocycles. The molecule has 0 aromatic carbocycles. The number of carbonyl (C=O) groups excluding carboxylic acids is 2. The Labute approximate surface area is 133 Å². The minimum Gasteiger partial charge on any atom is -0.464 e. The molecule has 0 atom stereocenters. The van der Waals surface area contributed by atoms with Crippen molar-refractivity contribution in [1.29, 1.82) is 5.26 Å². The summed E-state index contributed by atoms with van der Waals surface area (Å²) in [6.45, 7) is 3.60. The highest BCUT2D eigenvalue weighted by molar-refractivity contribution is 7.07. The molecule has 0 saturated carbocycles. The first-order chi connectivity index (χ1) is 10.6. The van der Waals surface area contributed by atoms with Crippen molar-refractivity contribution in [1.82, 2.24) is 5.32 Å². The third-order valence-electron chi connectivity index (χ3n) is 2.59. The van der Waals surface area contributed by atoms with E-state index in [1.807, 2.05) is 22.9 Å². The molecule has 6 nitrogen and oxygen atoms in total. The van der Waals surface area contributed by atoms with E-state index in [4.69, 9.17) is 14.7 Å². The number of nitriles is 1. The van der Waals surface area contributed by atoms with E-state index < -0.39 is 18.0 Å². The summed E-state index contributed by atoms with van der Waals surface area (Å²) in [5, 5.41) is 15.6. The molecule has 0 radical (unpaired) electrons. The van der Waals surface area contributed by atoms with Gasteiger partial charge in [0.25, 0.3) is 0 Å². The summed E-state index contributed by atoms with van der Waals surface area (Å²) >= 11 is 1.53. The van der Waals surface area contributed by atoms with E-state index in [0.717, 1.165) is 5.56 Å². The molecule has 0 unspecified atom stereocenters. The van der Waals surface area contributed by atoms with Crippen molar-refractivity contribution in [2.24, 2.45) is 0 Å². The Morgan fingerprint density at radius 1 is 1.36 bits per heavy atom. The number of carbonyl (C=O) groups is 2. The molecule has 0 aliphatic rings. The van der Waals surface area contributed by atoms with Crippen LogP contribution in [0.25, 0.3) is 0 Å². The third-order valence-corrected chi connectivity index (χ3v) is 3.32. The van der Waals surface area contributed by atoms with Crippen LogP contribution in [0.3, 0.4) is 0 Å². The smallest absolute Gasteiger partial charge is 0.340 e. The topological polar surface area (TPSA) is 88.4 Å². The zero-order chi connectivity index (χ0) is 16.4. The quantitative estimate of drug-likeness (QED) is 0.446. The number of allylic oxidation sites excluding steroid dienone is 1. The lowest BCUT2D eigenvalue weighted by atomic mass is 10.1. The summed E-state index contributed by atoms with van der Waals surface area (Å²) in [4.78, 5) is 23.6. The molecule has 1 aromatic rings. The van der Waals surface area contributed by atoms with Gasteiger partial charge in [-0.1, -0.05) is 0 Å². The molecule has 0 bridgehead atoms. The average molecular weight is 322 g/mol. The molecule has 22 heavy (non-hydrogen) atoms. The highest BCUT2D eigenvalue weighted by Crippen LogP contribution is 2.11. The number of nitrogens with zero attached hydrogens (tertiary/aromatic N) is 1. The first-order valence-corrected chi connectivity index (χ1v) is 7.76. The largest absolute Gasteiger partial charge is 0.464 e. The van der Waals surface area contributed by atoms with E-state index in [2.05, 4.69) is 5.32 Å². The molecule has 0 fully saturated rings. The first-order valence-electron chi connectivity index (χ1n) is 6.81. The normalized spacial score (nSPS) is 10.9. The molecule has 0 aliphatic carbocycles. The van der Waals surface area contributed by atoms with Crippen molar-refractivity contribution in [2.45, 2.75) is 26.3 Å². The molecule has 7 heteroatoms. The van der Waals surface area contributed by atoms with Crippen molar-refractivity contribution in [3.05, 3.63) is 34.2 Å². The van der Waals surface area contributed by atoms with Crippen LogP contribution >= 0.6 is 11.3 Å². The monoisotopic (exact) mass is 322 g/mol. The molecule has 1 rings (SSSR count). The van der Waals surface area contributed by atoms with Crippen molar-refractivity contribution < 1.29 is 19.1 Å². The Morgan fingerprint density at radius 2 is 2.00 bits per heavy atom. The van der Waals surface area contributed by atoms with Crippen LogP contribution in [0, 0.1) is 11.3 Å². The van der Waals surface area contributed by atoms with Gasteiger partial charge in [-0.15, -0.1) is 0 Å². The SMILES string of the molecule is CCOC(=O)C(N/C=C(\C#N)Cc1ccsc1)C(=O)OCC. The van der Waals surface area contributed by atoms with Crippen LogP contribution in [-0.4, -0.2) is 31.2 Å². The Hall–Kier alpha value is -2.33. The number of ether oxygens (including phenoxy) is 2. The number of nitrogens with one attached hydrogen (secondary N) is 1. The van der Waals surface area contributed by atoms with E-state index in [1.54, 1.807) is 13.8 Å². The van der Waals surface area contributed by atoms with Crippen LogP contribution in [0.2, 0.25) is 0 Å². The second-order valence-corrected chi connectivity index (χ2v) is 4.97. The number of esters is 2.